The lowest BCUT2D eigenvalue weighted by Crippen LogP contribution is -2.22. The Morgan fingerprint density at radius 2 is 2.06 bits per heavy atom. The molecule has 1 aromatic heterocycles. The van der Waals surface area contributed by atoms with Gasteiger partial charge in [-0.25, -0.2) is 0 Å². The van der Waals surface area contributed by atoms with Crippen molar-refractivity contribution in [1.29, 1.82) is 5.41 Å². The monoisotopic (exact) mass is 242 g/mol. The van der Waals surface area contributed by atoms with E-state index in [1.807, 2.05) is 29.5 Å². The molecule has 1 aliphatic heterocycles. The highest BCUT2D eigenvalue weighted by Gasteiger charge is 2.23. The molecular weight excluding hydrogens is 228 g/mol. The van der Waals surface area contributed by atoms with Crippen LogP contribution in [-0.4, -0.2) is 10.7 Å². The van der Waals surface area contributed by atoms with Gasteiger partial charge in [-0.15, -0.1) is 11.3 Å². The molecule has 0 atom stereocenters. The summed E-state index contributed by atoms with van der Waals surface area (Å²) in [6, 6.07) is 12.5. The Balaban J connectivity index is 1.82. The van der Waals surface area contributed by atoms with E-state index in [9.17, 15) is 0 Å². The van der Waals surface area contributed by atoms with E-state index in [1.165, 1.54) is 15.3 Å². The molecule has 2 nitrogen and oxygen atoms in total. The molecule has 1 N–H and O–H groups in total. The minimum Gasteiger partial charge on any atom is -0.347 e. The first-order valence-electron chi connectivity index (χ1n) is 5.71. The number of nitrogens with zero attached hydrogens (tertiary/aromatic N) is 1. The quantitative estimate of drug-likeness (QED) is 0.858. The van der Waals surface area contributed by atoms with Gasteiger partial charge in [-0.05, 0) is 24.6 Å². The summed E-state index contributed by atoms with van der Waals surface area (Å²) in [6.45, 7) is 3.84. The third-order valence-corrected chi connectivity index (χ3v) is 4.08. The number of thiophene rings is 1. The number of hydrogen-bond acceptors (Lipinski definition) is 2. The van der Waals surface area contributed by atoms with E-state index < -0.39 is 0 Å². The first-order chi connectivity index (χ1) is 8.24. The number of fused-ring (bicyclic) bond motifs is 1. The number of hydrogen-bond donors (Lipinski definition) is 1. The van der Waals surface area contributed by atoms with Gasteiger partial charge in [-0.3, -0.25) is 5.41 Å². The topological polar surface area (TPSA) is 27.1 Å². The molecule has 2 heterocycles. The molecule has 0 saturated carbocycles. The number of aryl methyl sites for hydroxylation is 1. The fourth-order valence-corrected chi connectivity index (χ4v) is 3.14. The number of nitrogens with one attached hydrogen (secondary N) is 1. The number of benzene rings is 1. The van der Waals surface area contributed by atoms with Crippen molar-refractivity contribution in [3.8, 4) is 0 Å². The van der Waals surface area contributed by atoms with Gasteiger partial charge in [0.05, 0.1) is 6.54 Å². The lowest BCUT2D eigenvalue weighted by molar-refractivity contribution is 0.426. The molecule has 1 aromatic carbocycles. The van der Waals surface area contributed by atoms with Crippen LogP contribution in [0.5, 0.6) is 0 Å². The fourth-order valence-electron chi connectivity index (χ4n) is 2.24. The summed E-state index contributed by atoms with van der Waals surface area (Å²) in [5.74, 6) is 0.659. The maximum absolute atomic E-state index is 8.17. The van der Waals surface area contributed by atoms with Crippen LogP contribution in [0.15, 0.2) is 36.4 Å². The zero-order valence-corrected chi connectivity index (χ0v) is 10.6. The van der Waals surface area contributed by atoms with Crippen LogP contribution >= 0.6 is 11.3 Å². The van der Waals surface area contributed by atoms with Gasteiger partial charge < -0.3 is 4.90 Å². The average molecular weight is 242 g/mol. The van der Waals surface area contributed by atoms with Crippen molar-refractivity contribution in [1.82, 2.24) is 4.90 Å². The Morgan fingerprint density at radius 3 is 2.76 bits per heavy atom. The highest BCUT2D eigenvalue weighted by atomic mass is 32.1. The largest absolute Gasteiger partial charge is 0.347 e. The predicted octanol–water partition coefficient (Wildman–Crippen LogP) is 3.40. The zero-order valence-electron chi connectivity index (χ0n) is 9.73. The van der Waals surface area contributed by atoms with Crippen LogP contribution in [0.1, 0.15) is 20.9 Å². The molecule has 0 radical (unpaired) electrons. The Hall–Kier alpha value is -1.61. The summed E-state index contributed by atoms with van der Waals surface area (Å²) in [7, 11) is 0. The molecule has 3 heteroatoms. The van der Waals surface area contributed by atoms with Crippen molar-refractivity contribution in [2.24, 2.45) is 0 Å². The number of rotatable bonds is 2. The van der Waals surface area contributed by atoms with E-state index >= 15 is 0 Å². The molecule has 17 heavy (non-hydrogen) atoms. The molecule has 0 spiro atoms. The van der Waals surface area contributed by atoms with Crippen molar-refractivity contribution < 1.29 is 0 Å². The van der Waals surface area contributed by atoms with Crippen LogP contribution in [0, 0.1) is 12.3 Å². The Kier molecular flexibility index (Phi) is 2.48. The third kappa shape index (κ3) is 1.87. The highest BCUT2D eigenvalue weighted by Crippen LogP contribution is 2.26. The summed E-state index contributed by atoms with van der Waals surface area (Å²) in [5, 5.41) is 8.17. The van der Waals surface area contributed by atoms with Gasteiger partial charge in [-0.2, -0.15) is 0 Å². The molecule has 1 aliphatic rings. The molecule has 0 aliphatic carbocycles. The average Bonchev–Trinajstić information content (AvgIpc) is 2.86. The smallest absolute Gasteiger partial charge is 0.129 e. The maximum atomic E-state index is 8.17. The summed E-state index contributed by atoms with van der Waals surface area (Å²) >= 11 is 1.82. The fraction of sp³-hybridized carbons (Fsp3) is 0.214. The molecule has 0 amide bonds. The lowest BCUT2D eigenvalue weighted by atomic mass is 10.1. The van der Waals surface area contributed by atoms with E-state index in [2.05, 4.69) is 30.0 Å². The third-order valence-electron chi connectivity index (χ3n) is 3.09. The summed E-state index contributed by atoms with van der Waals surface area (Å²) in [5.41, 5.74) is 2.35. The molecule has 0 saturated heterocycles. The molecule has 0 bridgehead atoms. The molecule has 0 fully saturated rings. The van der Waals surface area contributed by atoms with Gasteiger partial charge in [0.2, 0.25) is 0 Å². The summed E-state index contributed by atoms with van der Waals surface area (Å²) < 4.78 is 0. The van der Waals surface area contributed by atoms with Crippen LogP contribution in [0.4, 0.5) is 0 Å². The summed E-state index contributed by atoms with van der Waals surface area (Å²) in [4.78, 5) is 4.80. The van der Waals surface area contributed by atoms with E-state index in [1.54, 1.807) is 0 Å². The lowest BCUT2D eigenvalue weighted by Gasteiger charge is -2.16. The number of amidine groups is 1. The van der Waals surface area contributed by atoms with E-state index in [4.69, 9.17) is 5.41 Å². The van der Waals surface area contributed by atoms with Crippen LogP contribution < -0.4 is 0 Å². The van der Waals surface area contributed by atoms with Crippen LogP contribution in [0.3, 0.4) is 0 Å². The second-order valence-electron chi connectivity index (χ2n) is 4.37. The molecule has 86 valence electrons. The second-order valence-corrected chi connectivity index (χ2v) is 5.75. The first-order valence-corrected chi connectivity index (χ1v) is 6.53. The molecule has 3 rings (SSSR count). The van der Waals surface area contributed by atoms with Crippen molar-refractivity contribution in [2.75, 3.05) is 0 Å². The van der Waals surface area contributed by atoms with Crippen LogP contribution in [0.2, 0.25) is 0 Å². The first kappa shape index (κ1) is 10.5. The van der Waals surface area contributed by atoms with Gasteiger partial charge in [0, 0.05) is 21.9 Å². The second kappa shape index (κ2) is 4.00. The normalized spacial score (nSPS) is 14.2. The highest BCUT2D eigenvalue weighted by molar-refractivity contribution is 7.11. The van der Waals surface area contributed by atoms with E-state index in [0.29, 0.717) is 5.84 Å². The van der Waals surface area contributed by atoms with E-state index in [0.717, 1.165) is 18.7 Å². The summed E-state index contributed by atoms with van der Waals surface area (Å²) in [6.07, 6.45) is 0. The Bertz CT molecular complexity index is 571. The SMILES string of the molecule is Cc1ccc(CN2Cc3ccccc3C2=N)s1. The van der Waals surface area contributed by atoms with Gasteiger partial charge in [0.1, 0.15) is 5.84 Å². The maximum Gasteiger partial charge on any atom is 0.129 e. The van der Waals surface area contributed by atoms with Gasteiger partial charge >= 0.3 is 0 Å². The standard InChI is InChI=1S/C14H14N2S/c1-10-6-7-12(17-10)9-16-8-11-4-2-3-5-13(11)14(16)15/h2-7,15H,8-9H2,1H3. The molecule has 0 unspecified atom stereocenters. The minimum atomic E-state index is 0.659. The van der Waals surface area contributed by atoms with Crippen molar-refractivity contribution in [3.63, 3.8) is 0 Å². The van der Waals surface area contributed by atoms with Gasteiger partial charge in [-0.1, -0.05) is 24.3 Å². The van der Waals surface area contributed by atoms with E-state index in [-0.39, 0.29) is 0 Å². The Morgan fingerprint density at radius 1 is 1.24 bits per heavy atom. The van der Waals surface area contributed by atoms with Crippen molar-refractivity contribution in [3.05, 3.63) is 57.3 Å². The van der Waals surface area contributed by atoms with Gasteiger partial charge in [0.25, 0.3) is 0 Å². The van der Waals surface area contributed by atoms with Gasteiger partial charge in [0.15, 0.2) is 0 Å². The minimum absolute atomic E-state index is 0.659. The zero-order chi connectivity index (χ0) is 11.8. The predicted molar refractivity (Wildman–Crippen MR) is 71.6 cm³/mol. The Labute approximate surface area is 105 Å². The van der Waals surface area contributed by atoms with Crippen molar-refractivity contribution in [2.45, 2.75) is 20.0 Å². The van der Waals surface area contributed by atoms with Crippen LogP contribution in [-0.2, 0) is 13.1 Å². The van der Waals surface area contributed by atoms with Crippen LogP contribution in [0.25, 0.3) is 0 Å². The molecule has 2 aromatic rings. The molecular formula is C14H14N2S. The van der Waals surface area contributed by atoms with Crippen molar-refractivity contribution >= 4 is 17.2 Å².